The lowest BCUT2D eigenvalue weighted by molar-refractivity contribution is -0.117. The fraction of sp³-hybridized carbons (Fsp3) is 0.321. The molecule has 3 aromatic rings. The van der Waals surface area contributed by atoms with Crippen LogP contribution in [0.1, 0.15) is 37.6 Å². The van der Waals surface area contributed by atoms with Crippen LogP contribution in [0.15, 0.2) is 79.3 Å². The number of hydrogen-bond acceptors (Lipinski definition) is 8. The second kappa shape index (κ2) is 19.7. The molecule has 0 saturated heterocycles. The highest BCUT2D eigenvalue weighted by atomic mass is 16.1. The Morgan fingerprint density at radius 1 is 0.611 bits per heavy atom. The summed E-state index contributed by atoms with van der Waals surface area (Å²) in [6.07, 6.45) is 5.26. The van der Waals surface area contributed by atoms with Crippen molar-refractivity contribution in [3.05, 3.63) is 96.1 Å². The van der Waals surface area contributed by atoms with E-state index in [1.807, 2.05) is 60.7 Å². The van der Waals surface area contributed by atoms with Gasteiger partial charge in [0.05, 0.1) is 25.3 Å². The van der Waals surface area contributed by atoms with E-state index in [1.54, 1.807) is 39.4 Å². The van der Waals surface area contributed by atoms with Gasteiger partial charge in [-0.25, -0.2) is 0 Å². The van der Waals surface area contributed by atoms with Gasteiger partial charge in [0.1, 0.15) is 17.3 Å². The van der Waals surface area contributed by atoms with Gasteiger partial charge in [-0.2, -0.15) is 0 Å². The van der Waals surface area contributed by atoms with Crippen molar-refractivity contribution in [3.8, 4) is 0 Å². The number of hydrogen-bond donors (Lipinski definition) is 3. The lowest BCUT2D eigenvalue weighted by atomic mass is 10.2. The number of carbonyl (C=O) groups is 3. The molecule has 0 aliphatic carbocycles. The zero-order valence-corrected chi connectivity index (χ0v) is 21.4. The van der Waals surface area contributed by atoms with Gasteiger partial charge in [0.2, 0.25) is 0 Å². The van der Waals surface area contributed by atoms with Crippen LogP contribution in [0.2, 0.25) is 0 Å². The quantitative estimate of drug-likeness (QED) is 0.355. The van der Waals surface area contributed by atoms with E-state index in [-0.39, 0.29) is 17.3 Å². The van der Waals surface area contributed by atoms with Gasteiger partial charge in [-0.05, 0) is 50.1 Å². The van der Waals surface area contributed by atoms with Crippen LogP contribution >= 0.6 is 0 Å². The topological polar surface area (TPSA) is 113 Å². The maximum absolute atomic E-state index is 10.6. The third-order valence-electron chi connectivity index (χ3n) is 4.38. The highest BCUT2D eigenvalue weighted by molar-refractivity contribution is 5.78. The number of aromatic nitrogens is 2. The standard InChI is InChI=1S/C10H13NO.2C9H12N2O/c1-9(12)7-11-8-10-5-3-2-4-6-10;1-8(12)5-11-7-9-3-2-4-10-6-9;1-8(12)6-10-7-9-4-2-3-5-11-9/h2-6,11H,7-8H2,1H3;2-4,6,11H,5,7H2,1H3;2-5,10H,6-7H2,1H3. The van der Waals surface area contributed by atoms with E-state index >= 15 is 0 Å². The van der Waals surface area contributed by atoms with E-state index in [2.05, 4.69) is 25.9 Å². The Labute approximate surface area is 214 Å². The first-order valence-electron chi connectivity index (χ1n) is 11.8. The molecule has 1 aromatic carbocycles. The molecule has 0 fully saturated rings. The zero-order chi connectivity index (χ0) is 26.4. The number of nitrogens with zero attached hydrogens (tertiary/aromatic N) is 2. The zero-order valence-electron chi connectivity index (χ0n) is 21.4. The van der Waals surface area contributed by atoms with Gasteiger partial charge in [-0.3, -0.25) is 24.4 Å². The highest BCUT2D eigenvalue weighted by Gasteiger charge is 1.95. The molecule has 0 radical (unpaired) electrons. The van der Waals surface area contributed by atoms with E-state index in [1.165, 1.54) is 5.56 Å². The average Bonchev–Trinajstić information content (AvgIpc) is 2.86. The van der Waals surface area contributed by atoms with E-state index in [0.29, 0.717) is 32.7 Å². The molecule has 0 bridgehead atoms. The fourth-order valence-corrected chi connectivity index (χ4v) is 2.73. The normalized spacial score (nSPS) is 9.75. The average molecular weight is 492 g/mol. The van der Waals surface area contributed by atoms with Crippen LogP contribution in [0.4, 0.5) is 0 Å². The van der Waals surface area contributed by atoms with E-state index in [0.717, 1.165) is 17.8 Å². The minimum Gasteiger partial charge on any atom is -0.306 e. The molecule has 2 aromatic heterocycles. The van der Waals surface area contributed by atoms with Crippen LogP contribution in [-0.2, 0) is 34.0 Å². The Bertz CT molecular complexity index is 868. The van der Waals surface area contributed by atoms with Gasteiger partial charge in [-0.15, -0.1) is 0 Å². The van der Waals surface area contributed by atoms with Crippen LogP contribution in [0.3, 0.4) is 0 Å². The van der Waals surface area contributed by atoms with Crippen LogP contribution < -0.4 is 16.0 Å². The van der Waals surface area contributed by atoms with E-state index < -0.39 is 0 Å². The minimum atomic E-state index is 0.144. The molecule has 0 aliphatic heterocycles. The van der Waals surface area contributed by atoms with Crippen molar-refractivity contribution in [2.45, 2.75) is 40.4 Å². The van der Waals surface area contributed by atoms with Crippen LogP contribution in [0.5, 0.6) is 0 Å². The molecule has 0 amide bonds. The lowest BCUT2D eigenvalue weighted by Gasteiger charge is -2.01. The molecular weight excluding hydrogens is 454 g/mol. The summed E-state index contributed by atoms with van der Waals surface area (Å²) in [5, 5.41) is 9.05. The molecule has 36 heavy (non-hydrogen) atoms. The monoisotopic (exact) mass is 491 g/mol. The Morgan fingerprint density at radius 3 is 1.64 bits per heavy atom. The Balaban J connectivity index is 0.000000270. The second-order valence-electron chi connectivity index (χ2n) is 8.08. The summed E-state index contributed by atoms with van der Waals surface area (Å²) in [6.45, 7) is 8.12. The molecule has 0 saturated carbocycles. The van der Waals surface area contributed by atoms with E-state index in [9.17, 15) is 14.4 Å². The Hall–Kier alpha value is -3.59. The summed E-state index contributed by atoms with van der Waals surface area (Å²) >= 11 is 0. The number of pyridine rings is 2. The maximum Gasteiger partial charge on any atom is 0.143 e. The highest BCUT2D eigenvalue weighted by Crippen LogP contribution is 1.96. The third-order valence-corrected chi connectivity index (χ3v) is 4.38. The van der Waals surface area contributed by atoms with Crippen LogP contribution in [-0.4, -0.2) is 47.0 Å². The summed E-state index contributed by atoms with van der Waals surface area (Å²) in [7, 11) is 0. The minimum absolute atomic E-state index is 0.144. The second-order valence-corrected chi connectivity index (χ2v) is 8.08. The molecule has 192 valence electrons. The molecule has 0 atom stereocenters. The fourth-order valence-electron chi connectivity index (χ4n) is 2.73. The molecule has 0 spiro atoms. The molecule has 8 nitrogen and oxygen atoms in total. The number of nitrogens with one attached hydrogen (secondary N) is 3. The first kappa shape index (κ1) is 30.4. The lowest BCUT2D eigenvalue weighted by Crippen LogP contribution is -2.20. The number of rotatable bonds is 12. The molecule has 0 aliphatic rings. The first-order chi connectivity index (χ1) is 17.4. The molecule has 3 N–H and O–H groups in total. The van der Waals surface area contributed by atoms with Crippen molar-refractivity contribution in [2.75, 3.05) is 19.6 Å². The number of benzene rings is 1. The van der Waals surface area contributed by atoms with Crippen molar-refractivity contribution in [1.29, 1.82) is 0 Å². The molecule has 2 heterocycles. The van der Waals surface area contributed by atoms with Gasteiger partial charge < -0.3 is 16.0 Å². The molecule has 0 unspecified atom stereocenters. The molecule has 8 heteroatoms. The van der Waals surface area contributed by atoms with Crippen molar-refractivity contribution in [3.63, 3.8) is 0 Å². The molecule has 3 rings (SSSR count). The van der Waals surface area contributed by atoms with Crippen molar-refractivity contribution >= 4 is 17.3 Å². The van der Waals surface area contributed by atoms with Gasteiger partial charge in [0.25, 0.3) is 0 Å². The number of Topliss-reactive ketones (excluding diaryl/α,β-unsaturated/α-hetero) is 3. The SMILES string of the molecule is CC(=O)CNCc1ccccc1.CC(=O)CNCc1ccccn1.CC(=O)CNCc1cccnc1. The van der Waals surface area contributed by atoms with Gasteiger partial charge >= 0.3 is 0 Å². The first-order valence-corrected chi connectivity index (χ1v) is 11.8. The predicted molar refractivity (Wildman–Crippen MR) is 142 cm³/mol. The summed E-state index contributed by atoms with van der Waals surface area (Å²) in [4.78, 5) is 39.7. The van der Waals surface area contributed by atoms with Gasteiger partial charge in [0, 0.05) is 38.2 Å². The van der Waals surface area contributed by atoms with Crippen molar-refractivity contribution in [2.24, 2.45) is 0 Å². The Morgan fingerprint density at radius 2 is 1.14 bits per heavy atom. The maximum atomic E-state index is 10.6. The van der Waals surface area contributed by atoms with Crippen LogP contribution in [0.25, 0.3) is 0 Å². The predicted octanol–water partition coefficient (Wildman–Crippen LogP) is 2.89. The summed E-state index contributed by atoms with van der Waals surface area (Å²) in [5.74, 6) is 0.468. The van der Waals surface area contributed by atoms with Gasteiger partial charge in [0.15, 0.2) is 0 Å². The van der Waals surface area contributed by atoms with E-state index in [4.69, 9.17) is 0 Å². The van der Waals surface area contributed by atoms with Crippen molar-refractivity contribution < 1.29 is 14.4 Å². The largest absolute Gasteiger partial charge is 0.306 e. The van der Waals surface area contributed by atoms with Crippen molar-refractivity contribution in [1.82, 2.24) is 25.9 Å². The summed E-state index contributed by atoms with van der Waals surface area (Å²) < 4.78 is 0. The Kier molecular flexibility index (Phi) is 16.6. The number of ketones is 3. The smallest absolute Gasteiger partial charge is 0.143 e. The summed E-state index contributed by atoms with van der Waals surface area (Å²) in [5.41, 5.74) is 3.26. The number of carbonyl (C=O) groups excluding carboxylic acids is 3. The summed E-state index contributed by atoms with van der Waals surface area (Å²) in [6, 6.07) is 19.6. The molecular formula is C28H37N5O3. The van der Waals surface area contributed by atoms with Crippen LogP contribution in [0, 0.1) is 0 Å². The van der Waals surface area contributed by atoms with Gasteiger partial charge in [-0.1, -0.05) is 42.5 Å². The third kappa shape index (κ3) is 17.8.